The zero-order valence-corrected chi connectivity index (χ0v) is 17.4. The first-order valence-corrected chi connectivity index (χ1v) is 10.6. The molecule has 0 aromatic heterocycles. The van der Waals surface area contributed by atoms with Crippen LogP contribution < -0.4 is 31.4 Å². The van der Waals surface area contributed by atoms with E-state index in [1.165, 1.54) is 0 Å². The normalized spacial score (nSPS) is 10.7. The van der Waals surface area contributed by atoms with E-state index in [0.717, 1.165) is 87.6 Å². The van der Waals surface area contributed by atoms with Crippen LogP contribution in [0.3, 0.4) is 0 Å². The SMILES string of the molecule is NCCCCNCc1ccccc1OBOc1ccccc1CNCCCCN. The number of unbranched alkanes of at least 4 members (excludes halogenated alkanes) is 2. The van der Waals surface area contributed by atoms with E-state index in [-0.39, 0.29) is 7.69 Å². The van der Waals surface area contributed by atoms with Crippen LogP contribution in [0.5, 0.6) is 11.5 Å². The summed E-state index contributed by atoms with van der Waals surface area (Å²) >= 11 is 0. The van der Waals surface area contributed by atoms with Crippen molar-refractivity contribution >= 4 is 7.69 Å². The highest BCUT2D eigenvalue weighted by molar-refractivity contribution is 6.20. The van der Waals surface area contributed by atoms with Gasteiger partial charge in [-0.05, 0) is 64.0 Å². The van der Waals surface area contributed by atoms with Crippen LogP contribution in [0, 0.1) is 0 Å². The third-order valence-electron chi connectivity index (χ3n) is 4.62. The molecule has 0 unspecified atom stereocenters. The number of hydrogen-bond donors (Lipinski definition) is 4. The molecule has 0 radical (unpaired) electrons. The number of para-hydroxylation sites is 2. The Morgan fingerprint density at radius 3 is 1.55 bits per heavy atom. The highest BCUT2D eigenvalue weighted by Crippen LogP contribution is 2.20. The van der Waals surface area contributed by atoms with Gasteiger partial charge in [0.05, 0.1) is 0 Å². The average molecular weight is 398 g/mol. The molecule has 0 spiro atoms. The Labute approximate surface area is 175 Å². The summed E-state index contributed by atoms with van der Waals surface area (Å²) in [5.74, 6) is 1.69. The van der Waals surface area contributed by atoms with Gasteiger partial charge in [0.25, 0.3) is 0 Å². The number of hydrogen-bond acceptors (Lipinski definition) is 6. The Morgan fingerprint density at radius 1 is 0.655 bits per heavy atom. The Bertz CT molecular complexity index is 630. The molecule has 6 N–H and O–H groups in total. The van der Waals surface area contributed by atoms with Gasteiger partial charge in [0.2, 0.25) is 0 Å². The van der Waals surface area contributed by atoms with Gasteiger partial charge in [-0.15, -0.1) is 0 Å². The molecule has 2 aromatic rings. The standard InChI is InChI=1S/C22H35BN4O2/c24-13-5-7-15-26-17-19-9-1-3-11-21(19)28-23-29-22-12-4-2-10-20(22)18-27-16-8-6-14-25/h1-4,9-12,23,26-27H,5-8,13-18,24-25H2. The zero-order chi connectivity index (χ0) is 20.6. The maximum Gasteiger partial charge on any atom is 0.576 e. The summed E-state index contributed by atoms with van der Waals surface area (Å²) in [7, 11) is 0.175. The van der Waals surface area contributed by atoms with Crippen molar-refractivity contribution in [2.45, 2.75) is 38.8 Å². The van der Waals surface area contributed by atoms with Gasteiger partial charge in [0.1, 0.15) is 11.5 Å². The van der Waals surface area contributed by atoms with Crippen molar-refractivity contribution in [1.82, 2.24) is 10.6 Å². The monoisotopic (exact) mass is 398 g/mol. The topological polar surface area (TPSA) is 94.6 Å². The van der Waals surface area contributed by atoms with E-state index >= 15 is 0 Å². The summed E-state index contributed by atoms with van der Waals surface area (Å²) in [6.07, 6.45) is 4.25. The van der Waals surface area contributed by atoms with Crippen molar-refractivity contribution in [3.63, 3.8) is 0 Å². The lowest BCUT2D eigenvalue weighted by Gasteiger charge is -2.14. The molecule has 2 rings (SSSR count). The predicted octanol–water partition coefficient (Wildman–Crippen LogP) is 2.07. The Kier molecular flexibility index (Phi) is 11.9. The molecular formula is C22H35BN4O2. The minimum atomic E-state index is 0.175. The van der Waals surface area contributed by atoms with Crippen LogP contribution in [0.1, 0.15) is 36.8 Å². The largest absolute Gasteiger partial charge is 0.576 e. The molecule has 0 fully saturated rings. The molecule has 29 heavy (non-hydrogen) atoms. The fourth-order valence-corrected chi connectivity index (χ4v) is 2.97. The minimum absolute atomic E-state index is 0.175. The molecule has 0 amide bonds. The summed E-state index contributed by atoms with van der Waals surface area (Å²) in [6, 6.07) is 16.1. The first-order chi connectivity index (χ1) is 14.3. The van der Waals surface area contributed by atoms with E-state index in [1.807, 2.05) is 36.4 Å². The van der Waals surface area contributed by atoms with Crippen LogP contribution >= 0.6 is 0 Å². The first kappa shape index (κ1) is 23.2. The second kappa shape index (κ2) is 14.9. The van der Waals surface area contributed by atoms with Gasteiger partial charge in [-0.2, -0.15) is 0 Å². The summed E-state index contributed by atoms with van der Waals surface area (Å²) in [6.45, 7) is 4.92. The molecule has 6 nitrogen and oxygen atoms in total. The van der Waals surface area contributed by atoms with E-state index in [0.29, 0.717) is 0 Å². The predicted molar refractivity (Wildman–Crippen MR) is 121 cm³/mol. The number of benzene rings is 2. The van der Waals surface area contributed by atoms with Gasteiger partial charge in [0, 0.05) is 24.2 Å². The lowest BCUT2D eigenvalue weighted by molar-refractivity contribution is 0.449. The molecule has 0 heterocycles. The van der Waals surface area contributed by atoms with Crippen molar-refractivity contribution < 1.29 is 9.31 Å². The summed E-state index contributed by atoms with van der Waals surface area (Å²) in [5.41, 5.74) is 13.3. The number of nitrogens with one attached hydrogen (secondary N) is 2. The molecule has 0 aliphatic carbocycles. The minimum Gasteiger partial charge on any atom is -0.528 e. The van der Waals surface area contributed by atoms with Crippen molar-refractivity contribution in [3.8, 4) is 11.5 Å². The van der Waals surface area contributed by atoms with Gasteiger partial charge in [0.15, 0.2) is 0 Å². The zero-order valence-electron chi connectivity index (χ0n) is 17.4. The van der Waals surface area contributed by atoms with Gasteiger partial charge >= 0.3 is 7.69 Å². The first-order valence-electron chi connectivity index (χ1n) is 10.6. The third kappa shape index (κ3) is 9.32. The Morgan fingerprint density at radius 2 is 1.10 bits per heavy atom. The highest BCUT2D eigenvalue weighted by Gasteiger charge is 2.07. The smallest absolute Gasteiger partial charge is 0.528 e. The quantitative estimate of drug-likeness (QED) is 0.256. The second-order valence-corrected chi connectivity index (χ2v) is 6.97. The van der Waals surface area contributed by atoms with Crippen LogP contribution in [0.4, 0.5) is 0 Å². The lowest BCUT2D eigenvalue weighted by atomic mass is 10.1. The molecule has 0 aliphatic rings. The van der Waals surface area contributed by atoms with E-state index < -0.39 is 0 Å². The van der Waals surface area contributed by atoms with Crippen LogP contribution in [0.2, 0.25) is 0 Å². The van der Waals surface area contributed by atoms with Crippen LogP contribution in [-0.2, 0) is 13.1 Å². The summed E-state index contributed by atoms with van der Waals surface area (Å²) in [4.78, 5) is 0. The molecule has 0 atom stereocenters. The van der Waals surface area contributed by atoms with Gasteiger partial charge < -0.3 is 31.4 Å². The molecule has 158 valence electrons. The van der Waals surface area contributed by atoms with Crippen molar-refractivity contribution in [2.75, 3.05) is 26.2 Å². The lowest BCUT2D eigenvalue weighted by Crippen LogP contribution is -2.19. The average Bonchev–Trinajstić information content (AvgIpc) is 2.75. The van der Waals surface area contributed by atoms with E-state index in [1.54, 1.807) is 0 Å². The van der Waals surface area contributed by atoms with Gasteiger partial charge in [-0.25, -0.2) is 0 Å². The van der Waals surface area contributed by atoms with Crippen LogP contribution in [0.25, 0.3) is 0 Å². The fourth-order valence-electron chi connectivity index (χ4n) is 2.97. The van der Waals surface area contributed by atoms with Crippen LogP contribution in [0.15, 0.2) is 48.5 Å². The van der Waals surface area contributed by atoms with Crippen molar-refractivity contribution in [1.29, 1.82) is 0 Å². The summed E-state index contributed by atoms with van der Waals surface area (Å²) in [5, 5.41) is 6.88. The highest BCUT2D eigenvalue weighted by atomic mass is 16.6. The molecule has 0 saturated carbocycles. The number of rotatable bonds is 16. The maximum atomic E-state index is 5.92. The molecule has 7 heteroatoms. The van der Waals surface area contributed by atoms with Crippen LogP contribution in [-0.4, -0.2) is 33.9 Å². The van der Waals surface area contributed by atoms with Gasteiger partial charge in [-0.3, -0.25) is 0 Å². The molecular weight excluding hydrogens is 363 g/mol. The van der Waals surface area contributed by atoms with E-state index in [2.05, 4.69) is 22.8 Å². The molecule has 0 saturated heterocycles. The molecule has 2 aromatic carbocycles. The van der Waals surface area contributed by atoms with Crippen molar-refractivity contribution in [3.05, 3.63) is 59.7 Å². The molecule has 0 bridgehead atoms. The van der Waals surface area contributed by atoms with Gasteiger partial charge in [-0.1, -0.05) is 36.4 Å². The Hall–Kier alpha value is -2.06. The fraction of sp³-hybridized carbons (Fsp3) is 0.455. The maximum absolute atomic E-state index is 5.92. The number of nitrogens with two attached hydrogens (primary N) is 2. The summed E-state index contributed by atoms with van der Waals surface area (Å²) < 4.78 is 11.8. The third-order valence-corrected chi connectivity index (χ3v) is 4.62. The van der Waals surface area contributed by atoms with E-state index in [4.69, 9.17) is 20.8 Å². The van der Waals surface area contributed by atoms with Crippen molar-refractivity contribution in [2.24, 2.45) is 11.5 Å². The Balaban J connectivity index is 1.79. The van der Waals surface area contributed by atoms with E-state index in [9.17, 15) is 0 Å². The molecule has 0 aliphatic heterocycles. The second-order valence-electron chi connectivity index (χ2n) is 6.97.